The van der Waals surface area contributed by atoms with Crippen LogP contribution in [-0.4, -0.2) is 52.6 Å². The monoisotopic (exact) mass is 506 g/mol. The minimum absolute atomic E-state index is 0.0369. The van der Waals surface area contributed by atoms with Crippen LogP contribution >= 0.6 is 8.03 Å². The number of imidazole rings is 1. The molecule has 2 aromatic heterocycles. The molecule has 0 fully saturated rings. The van der Waals surface area contributed by atoms with Crippen molar-refractivity contribution < 1.29 is 28.1 Å². The second-order valence-electron chi connectivity index (χ2n) is 8.69. The van der Waals surface area contributed by atoms with E-state index in [4.69, 9.17) is 24.5 Å². The van der Waals surface area contributed by atoms with E-state index in [1.165, 1.54) is 4.57 Å². The van der Waals surface area contributed by atoms with Crippen LogP contribution in [-0.2, 0) is 36.1 Å². The van der Waals surface area contributed by atoms with Gasteiger partial charge in [0.05, 0.1) is 18.6 Å². The Kier molecular flexibility index (Phi) is 8.55. The van der Waals surface area contributed by atoms with Gasteiger partial charge in [-0.15, -0.1) is 4.52 Å². The van der Waals surface area contributed by atoms with E-state index in [9.17, 15) is 14.2 Å². The van der Waals surface area contributed by atoms with Gasteiger partial charge >= 0.3 is 25.7 Å². The number of rotatable bonds is 11. The summed E-state index contributed by atoms with van der Waals surface area (Å²) in [5, 5.41) is 0. The van der Waals surface area contributed by atoms with Crippen LogP contribution in [0.3, 0.4) is 0 Å². The van der Waals surface area contributed by atoms with Crippen molar-refractivity contribution in [3.8, 4) is 6.01 Å². The molecular weight excluding hydrogens is 477 g/mol. The number of carbonyl (C=O) groups is 1. The van der Waals surface area contributed by atoms with Gasteiger partial charge in [-0.3, -0.25) is 9.36 Å². The van der Waals surface area contributed by atoms with Crippen molar-refractivity contribution in [1.82, 2.24) is 19.5 Å². The summed E-state index contributed by atoms with van der Waals surface area (Å²) in [7, 11) is -0.557. The van der Waals surface area contributed by atoms with Crippen LogP contribution in [0.15, 0.2) is 29.1 Å². The molecule has 3 rings (SSSR count). The van der Waals surface area contributed by atoms with E-state index in [0.717, 1.165) is 11.1 Å². The maximum absolute atomic E-state index is 12.6. The molecule has 12 nitrogen and oxygen atoms in total. The van der Waals surface area contributed by atoms with E-state index < -0.39 is 25.1 Å². The summed E-state index contributed by atoms with van der Waals surface area (Å²) in [4.78, 5) is 35.4. The SMILES string of the molecule is COCCOc1nc(N)c2[nH]c(=O)n(Cc3cccc(C[P+](=O)OCOC(=O)C(C)(C)C)c3)c2n1. The fraction of sp³-hybridized carbons (Fsp3) is 0.455. The first kappa shape index (κ1) is 26.3. The highest BCUT2D eigenvalue weighted by atomic mass is 31.1. The van der Waals surface area contributed by atoms with Gasteiger partial charge in [-0.1, -0.05) is 18.2 Å². The summed E-state index contributed by atoms with van der Waals surface area (Å²) in [6, 6.07) is 7.25. The lowest BCUT2D eigenvalue weighted by Crippen LogP contribution is -2.23. The number of nitrogens with one attached hydrogen (secondary N) is 1. The third-order valence-corrected chi connectivity index (χ3v) is 5.81. The molecule has 0 aliphatic carbocycles. The van der Waals surface area contributed by atoms with E-state index in [1.807, 2.05) is 12.1 Å². The molecule has 0 aliphatic heterocycles. The number of nitrogen functional groups attached to an aromatic ring is 1. The minimum Gasteiger partial charge on any atom is -0.461 e. The average molecular weight is 506 g/mol. The maximum atomic E-state index is 12.6. The molecule has 188 valence electrons. The summed E-state index contributed by atoms with van der Waals surface area (Å²) < 4.78 is 34.3. The highest BCUT2D eigenvalue weighted by Gasteiger charge is 2.25. The Balaban J connectivity index is 1.70. The number of anilines is 1. The number of methoxy groups -OCH3 is 1. The first-order valence-corrected chi connectivity index (χ1v) is 12.1. The van der Waals surface area contributed by atoms with Crippen molar-refractivity contribution in [3.05, 3.63) is 45.9 Å². The molecule has 1 aromatic carbocycles. The molecule has 3 aromatic rings. The van der Waals surface area contributed by atoms with E-state index in [1.54, 1.807) is 40.0 Å². The van der Waals surface area contributed by atoms with Gasteiger partial charge in [0.1, 0.15) is 12.1 Å². The highest BCUT2D eigenvalue weighted by molar-refractivity contribution is 7.38. The zero-order valence-corrected chi connectivity index (χ0v) is 21.0. The molecule has 35 heavy (non-hydrogen) atoms. The number of carbonyl (C=O) groups excluding carboxylic acids is 1. The molecule has 3 N–H and O–H groups in total. The zero-order chi connectivity index (χ0) is 25.6. The van der Waals surface area contributed by atoms with Gasteiger partial charge in [-0.25, -0.2) is 4.79 Å². The number of fused-ring (bicyclic) bond motifs is 1. The molecular formula is C22H29N5O7P+. The Labute approximate surface area is 202 Å². The molecule has 13 heteroatoms. The lowest BCUT2D eigenvalue weighted by atomic mass is 9.98. The van der Waals surface area contributed by atoms with Crippen LogP contribution < -0.4 is 16.2 Å². The van der Waals surface area contributed by atoms with Crippen molar-refractivity contribution in [3.63, 3.8) is 0 Å². The molecule has 1 unspecified atom stereocenters. The molecule has 0 aliphatic rings. The molecule has 1 atom stereocenters. The standard InChI is InChI=1S/C22H28N5O7P/c1-22(2,3)19(28)33-13-34-35(30)12-15-7-5-6-14(10-15)11-27-18-16(24-21(27)29)17(23)25-20(26-18)32-9-8-31-4/h5-7,10H,8-9,11-13H2,1-4H3,(H2-,23,24,25,26,29)/p+1. The Morgan fingerprint density at radius 1 is 1.20 bits per heavy atom. The number of esters is 1. The Morgan fingerprint density at radius 3 is 2.66 bits per heavy atom. The zero-order valence-electron chi connectivity index (χ0n) is 20.1. The smallest absolute Gasteiger partial charge is 0.461 e. The van der Waals surface area contributed by atoms with E-state index in [-0.39, 0.29) is 37.9 Å². The summed E-state index contributed by atoms with van der Waals surface area (Å²) in [6.07, 6.45) is 0.117. The van der Waals surface area contributed by atoms with Gasteiger partial charge in [0, 0.05) is 12.7 Å². The third-order valence-electron chi connectivity index (χ3n) is 4.79. The van der Waals surface area contributed by atoms with Crippen LogP contribution in [0.2, 0.25) is 0 Å². The number of nitrogens with two attached hydrogens (primary N) is 1. The van der Waals surface area contributed by atoms with Crippen molar-refractivity contribution in [2.75, 3.05) is 32.9 Å². The van der Waals surface area contributed by atoms with Gasteiger partial charge in [0.25, 0.3) is 0 Å². The summed E-state index contributed by atoms with van der Waals surface area (Å²) in [5.74, 6) is -0.350. The summed E-state index contributed by atoms with van der Waals surface area (Å²) in [6.45, 7) is 5.53. The number of nitrogens with zero attached hydrogens (tertiary/aromatic N) is 3. The van der Waals surface area contributed by atoms with Gasteiger partial charge in [-0.05, 0) is 37.0 Å². The number of aromatic nitrogens is 4. The molecule has 0 saturated heterocycles. The van der Waals surface area contributed by atoms with E-state index in [2.05, 4.69) is 15.0 Å². The topological polar surface area (TPSA) is 161 Å². The Morgan fingerprint density at radius 2 is 1.94 bits per heavy atom. The molecule has 0 bridgehead atoms. The van der Waals surface area contributed by atoms with Crippen molar-refractivity contribution >= 4 is 31.0 Å². The van der Waals surface area contributed by atoms with Crippen LogP contribution in [0.5, 0.6) is 6.01 Å². The second kappa shape index (κ2) is 11.4. The number of aromatic amines is 1. The maximum Gasteiger partial charge on any atom is 0.516 e. The Bertz CT molecular complexity index is 1270. The fourth-order valence-corrected chi connectivity index (χ4v) is 3.77. The molecule has 0 spiro atoms. The third kappa shape index (κ3) is 7.08. The van der Waals surface area contributed by atoms with Gasteiger partial charge in [0.15, 0.2) is 11.5 Å². The predicted octanol–water partition coefficient (Wildman–Crippen LogP) is 2.58. The molecule has 0 radical (unpaired) electrons. The summed E-state index contributed by atoms with van der Waals surface area (Å²) in [5.41, 5.74) is 7.01. The lowest BCUT2D eigenvalue weighted by molar-refractivity contribution is -0.159. The van der Waals surface area contributed by atoms with Gasteiger partial charge in [-0.2, -0.15) is 9.97 Å². The number of hydrogen-bond acceptors (Lipinski definition) is 10. The van der Waals surface area contributed by atoms with Gasteiger partial charge < -0.3 is 24.9 Å². The van der Waals surface area contributed by atoms with E-state index in [0.29, 0.717) is 17.8 Å². The normalized spacial score (nSPS) is 12.1. The second-order valence-corrected chi connectivity index (χ2v) is 9.93. The largest absolute Gasteiger partial charge is 0.516 e. The first-order valence-electron chi connectivity index (χ1n) is 10.8. The lowest BCUT2D eigenvalue weighted by Gasteiger charge is -2.14. The number of ether oxygens (including phenoxy) is 3. The van der Waals surface area contributed by atoms with Crippen LogP contribution in [0.25, 0.3) is 11.2 Å². The van der Waals surface area contributed by atoms with Gasteiger partial charge in [0.2, 0.25) is 13.0 Å². The minimum atomic E-state index is -2.10. The number of benzene rings is 1. The van der Waals surface area contributed by atoms with Crippen molar-refractivity contribution in [2.24, 2.45) is 5.41 Å². The van der Waals surface area contributed by atoms with E-state index >= 15 is 0 Å². The van der Waals surface area contributed by atoms with Crippen LogP contribution in [0, 0.1) is 5.41 Å². The molecule has 2 heterocycles. The average Bonchev–Trinajstić information content (AvgIpc) is 3.09. The summed E-state index contributed by atoms with van der Waals surface area (Å²) >= 11 is 0. The van der Waals surface area contributed by atoms with Crippen LogP contribution in [0.1, 0.15) is 31.9 Å². The predicted molar refractivity (Wildman–Crippen MR) is 128 cm³/mol. The highest BCUT2D eigenvalue weighted by Crippen LogP contribution is 2.29. The first-order chi connectivity index (χ1) is 16.6. The Hall–Kier alpha value is -3.34. The molecule has 0 amide bonds. The number of H-pyrrole nitrogens is 1. The quantitative estimate of drug-likeness (QED) is 0.171. The van der Waals surface area contributed by atoms with Crippen molar-refractivity contribution in [2.45, 2.75) is 33.5 Å². The number of hydrogen-bond donors (Lipinski definition) is 2. The van der Waals surface area contributed by atoms with Crippen molar-refractivity contribution in [1.29, 1.82) is 0 Å². The molecule has 0 saturated carbocycles. The van der Waals surface area contributed by atoms with Crippen LogP contribution in [0.4, 0.5) is 5.82 Å². The fourth-order valence-electron chi connectivity index (χ4n) is 3.02.